The summed E-state index contributed by atoms with van der Waals surface area (Å²) in [4.78, 5) is 41.0. The second kappa shape index (κ2) is 6.72. The van der Waals surface area contributed by atoms with Crippen molar-refractivity contribution in [1.29, 1.82) is 0 Å². The zero-order chi connectivity index (χ0) is 20.0. The number of aromatic carboxylic acids is 1. The van der Waals surface area contributed by atoms with Crippen LogP contribution in [-0.2, 0) is 11.3 Å². The van der Waals surface area contributed by atoms with E-state index in [1.165, 1.54) is 7.11 Å². The monoisotopic (exact) mass is 396 g/mol. The van der Waals surface area contributed by atoms with E-state index in [1.807, 2.05) is 6.08 Å². The Kier molecular flexibility index (Phi) is 4.35. The summed E-state index contributed by atoms with van der Waals surface area (Å²) < 4.78 is 6.30. The van der Waals surface area contributed by atoms with Crippen LogP contribution in [0.2, 0.25) is 0 Å². The number of aryl methyl sites for hydroxylation is 1. The Morgan fingerprint density at radius 2 is 2.00 bits per heavy atom. The van der Waals surface area contributed by atoms with Crippen LogP contribution in [0.1, 0.15) is 43.4 Å². The molecule has 4 rings (SSSR count). The molecule has 1 aliphatic heterocycles. The van der Waals surface area contributed by atoms with Gasteiger partial charge in [-0.1, -0.05) is 12.1 Å². The van der Waals surface area contributed by atoms with E-state index in [0.717, 1.165) is 22.5 Å². The summed E-state index contributed by atoms with van der Waals surface area (Å²) in [5.41, 5.74) is 2.50. The maximum Gasteiger partial charge on any atom is 0.346 e. The van der Waals surface area contributed by atoms with Crippen molar-refractivity contribution >= 4 is 45.1 Å². The molecule has 0 amide bonds. The van der Waals surface area contributed by atoms with Crippen LogP contribution in [0.3, 0.4) is 0 Å². The first-order chi connectivity index (χ1) is 13.4. The number of nitrogens with zero attached hydrogens (tertiary/aromatic N) is 2. The molecule has 142 valence electrons. The van der Waals surface area contributed by atoms with Gasteiger partial charge in [0.1, 0.15) is 15.5 Å². The van der Waals surface area contributed by atoms with Crippen LogP contribution in [0.4, 0.5) is 0 Å². The largest absolute Gasteiger partial charge is 0.477 e. The fourth-order valence-electron chi connectivity index (χ4n) is 3.39. The van der Waals surface area contributed by atoms with Crippen LogP contribution in [0.5, 0.6) is 0 Å². The molecule has 3 heterocycles. The Morgan fingerprint density at radius 1 is 1.29 bits per heavy atom. The van der Waals surface area contributed by atoms with Gasteiger partial charge in [-0.05, 0) is 48.3 Å². The molecule has 0 radical (unpaired) electrons. The highest BCUT2D eigenvalue weighted by Crippen LogP contribution is 2.32. The third-order valence-electron chi connectivity index (χ3n) is 4.81. The van der Waals surface area contributed by atoms with Crippen molar-refractivity contribution in [2.45, 2.75) is 19.9 Å². The SMILES string of the molecule is COC(=O)c1ccc(C=C2CCn3c2nc2sc(C(=O)O)c(C)c2c3=O)cc1. The number of benzene rings is 1. The number of methoxy groups -OCH3 is 1. The number of carbonyl (C=O) groups is 2. The van der Waals surface area contributed by atoms with Crippen LogP contribution in [0.15, 0.2) is 29.1 Å². The number of fused-ring (bicyclic) bond motifs is 2. The molecular formula is C20H16N2O5S. The Morgan fingerprint density at radius 3 is 2.64 bits per heavy atom. The number of carbonyl (C=O) groups excluding carboxylic acids is 1. The van der Waals surface area contributed by atoms with Crippen LogP contribution < -0.4 is 5.56 Å². The molecule has 0 aliphatic carbocycles. The van der Waals surface area contributed by atoms with Crippen LogP contribution in [0, 0.1) is 6.92 Å². The fourth-order valence-corrected chi connectivity index (χ4v) is 4.40. The number of allylic oxidation sites excluding steroid dienone is 1. The van der Waals surface area contributed by atoms with Crippen molar-refractivity contribution in [1.82, 2.24) is 9.55 Å². The van der Waals surface area contributed by atoms with E-state index in [2.05, 4.69) is 4.98 Å². The molecule has 0 atom stereocenters. The van der Waals surface area contributed by atoms with E-state index in [9.17, 15) is 19.5 Å². The van der Waals surface area contributed by atoms with Crippen LogP contribution in [-0.4, -0.2) is 33.7 Å². The minimum Gasteiger partial charge on any atom is -0.477 e. The highest BCUT2D eigenvalue weighted by Gasteiger charge is 2.25. The molecular weight excluding hydrogens is 380 g/mol. The lowest BCUT2D eigenvalue weighted by molar-refractivity contribution is 0.0600. The first-order valence-electron chi connectivity index (χ1n) is 8.57. The van der Waals surface area contributed by atoms with Gasteiger partial charge in [0.05, 0.1) is 18.1 Å². The third kappa shape index (κ3) is 2.82. The maximum atomic E-state index is 12.9. The van der Waals surface area contributed by atoms with Crippen molar-refractivity contribution in [2.24, 2.45) is 0 Å². The standard InChI is InChI=1S/C20H16N2O5S/c1-10-14-17(28-15(10)19(24)25)21-16-13(7-8-22(16)18(14)23)9-11-3-5-12(6-4-11)20(26)27-2/h3-6,9H,7-8H2,1-2H3,(H,24,25). The molecule has 7 nitrogen and oxygen atoms in total. The molecule has 8 heteroatoms. The second-order valence-corrected chi connectivity index (χ2v) is 7.47. The van der Waals surface area contributed by atoms with E-state index in [4.69, 9.17) is 4.74 Å². The number of carboxylic acids is 1. The normalized spacial score (nSPS) is 14.4. The predicted octanol–water partition coefficient (Wildman–Crippen LogP) is 3.20. The van der Waals surface area contributed by atoms with Gasteiger partial charge in [0.25, 0.3) is 5.56 Å². The molecule has 0 saturated carbocycles. The Labute approximate surface area is 163 Å². The van der Waals surface area contributed by atoms with E-state index >= 15 is 0 Å². The summed E-state index contributed by atoms with van der Waals surface area (Å²) in [6.45, 7) is 2.15. The molecule has 0 unspecified atom stereocenters. The minimum absolute atomic E-state index is 0.146. The maximum absolute atomic E-state index is 12.9. The molecule has 2 aromatic heterocycles. The van der Waals surface area contributed by atoms with Crippen LogP contribution in [0.25, 0.3) is 21.9 Å². The average molecular weight is 396 g/mol. The molecule has 3 aromatic rings. The number of rotatable bonds is 3. The van der Waals surface area contributed by atoms with Gasteiger partial charge in [-0.2, -0.15) is 0 Å². The fraction of sp³-hybridized carbons (Fsp3) is 0.200. The molecule has 0 spiro atoms. The summed E-state index contributed by atoms with van der Waals surface area (Å²) in [5.74, 6) is -0.886. The van der Waals surface area contributed by atoms with E-state index < -0.39 is 11.9 Å². The van der Waals surface area contributed by atoms with Gasteiger partial charge >= 0.3 is 11.9 Å². The quantitative estimate of drug-likeness (QED) is 0.683. The first kappa shape index (κ1) is 18.1. The smallest absolute Gasteiger partial charge is 0.346 e. The summed E-state index contributed by atoms with van der Waals surface area (Å²) >= 11 is 1.03. The molecule has 1 N–H and O–H groups in total. The predicted molar refractivity (Wildman–Crippen MR) is 106 cm³/mol. The lowest BCUT2D eigenvalue weighted by Gasteiger charge is -2.04. The highest BCUT2D eigenvalue weighted by molar-refractivity contribution is 7.20. The van der Waals surface area contributed by atoms with Crippen molar-refractivity contribution in [2.75, 3.05) is 7.11 Å². The number of hydrogen-bond acceptors (Lipinski definition) is 6. The molecule has 28 heavy (non-hydrogen) atoms. The third-order valence-corrected chi connectivity index (χ3v) is 5.98. The van der Waals surface area contributed by atoms with Crippen molar-refractivity contribution in [3.8, 4) is 0 Å². The Balaban J connectivity index is 1.79. The average Bonchev–Trinajstić information content (AvgIpc) is 3.24. The number of carboxylic acid groups (broad SMARTS) is 1. The van der Waals surface area contributed by atoms with Gasteiger partial charge in [-0.25, -0.2) is 14.6 Å². The molecule has 1 aliphatic rings. The van der Waals surface area contributed by atoms with Gasteiger partial charge in [-0.3, -0.25) is 9.36 Å². The summed E-state index contributed by atoms with van der Waals surface area (Å²) in [6, 6.07) is 6.96. The van der Waals surface area contributed by atoms with E-state index in [0.29, 0.717) is 40.1 Å². The van der Waals surface area contributed by atoms with Gasteiger partial charge in [-0.15, -0.1) is 11.3 Å². The number of hydrogen-bond donors (Lipinski definition) is 1. The number of ether oxygens (including phenoxy) is 1. The summed E-state index contributed by atoms with van der Waals surface area (Å²) in [6.07, 6.45) is 2.58. The van der Waals surface area contributed by atoms with E-state index in [1.54, 1.807) is 35.8 Å². The van der Waals surface area contributed by atoms with Crippen molar-refractivity contribution in [3.05, 3.63) is 62.0 Å². The van der Waals surface area contributed by atoms with Gasteiger partial charge < -0.3 is 9.84 Å². The highest BCUT2D eigenvalue weighted by atomic mass is 32.1. The summed E-state index contributed by atoms with van der Waals surface area (Å²) in [5, 5.41) is 9.71. The number of aromatic nitrogens is 2. The zero-order valence-corrected chi connectivity index (χ0v) is 16.0. The van der Waals surface area contributed by atoms with Crippen LogP contribution >= 0.6 is 11.3 Å². The number of thiophene rings is 1. The topological polar surface area (TPSA) is 98.5 Å². The van der Waals surface area contributed by atoms with E-state index in [-0.39, 0.29) is 10.4 Å². The Hall–Kier alpha value is -3.26. The second-order valence-electron chi connectivity index (χ2n) is 6.47. The first-order valence-corrected chi connectivity index (χ1v) is 9.39. The Bertz CT molecular complexity index is 1220. The van der Waals surface area contributed by atoms with Gasteiger partial charge in [0.2, 0.25) is 0 Å². The van der Waals surface area contributed by atoms with Crippen molar-refractivity contribution < 1.29 is 19.4 Å². The number of esters is 1. The zero-order valence-electron chi connectivity index (χ0n) is 15.2. The van der Waals surface area contributed by atoms with Crippen molar-refractivity contribution in [3.63, 3.8) is 0 Å². The lowest BCUT2D eigenvalue weighted by atomic mass is 10.1. The molecule has 0 saturated heterocycles. The lowest BCUT2D eigenvalue weighted by Crippen LogP contribution is -2.20. The molecule has 0 fully saturated rings. The van der Waals surface area contributed by atoms with Gasteiger partial charge in [0.15, 0.2) is 0 Å². The summed E-state index contributed by atoms with van der Waals surface area (Å²) in [7, 11) is 1.33. The minimum atomic E-state index is -1.05. The molecule has 1 aromatic carbocycles. The molecule has 0 bridgehead atoms. The van der Waals surface area contributed by atoms with Gasteiger partial charge in [0, 0.05) is 6.54 Å².